The first-order valence-corrected chi connectivity index (χ1v) is 20.2. The second-order valence-electron chi connectivity index (χ2n) is 17.0. The number of aliphatic hydroxyl groups excluding tert-OH is 2. The summed E-state index contributed by atoms with van der Waals surface area (Å²) >= 11 is 0. The number of ketones is 2. The average Bonchev–Trinajstić information content (AvgIpc) is 3.60. The summed E-state index contributed by atoms with van der Waals surface area (Å²) in [6, 6.07) is 9.74. The molecule has 298 valence electrons. The predicted octanol–water partition coefficient (Wildman–Crippen LogP) is 7.01. The molecule has 4 N–H and O–H groups in total. The molecule has 1 aromatic rings. The molecule has 0 unspecified atom stereocenters. The molecule has 0 bridgehead atoms. The Morgan fingerprint density at radius 1 is 1.02 bits per heavy atom. The number of aliphatic hydroxyl groups is 3. The molecule has 3 fully saturated rings. The van der Waals surface area contributed by atoms with E-state index in [1.165, 1.54) is 11.1 Å². The minimum absolute atomic E-state index is 0.0881. The lowest BCUT2D eigenvalue weighted by Gasteiger charge is -2.54. The lowest BCUT2D eigenvalue weighted by molar-refractivity contribution is -0.156. The van der Waals surface area contributed by atoms with E-state index >= 15 is 0 Å². The van der Waals surface area contributed by atoms with Crippen molar-refractivity contribution < 1.29 is 49.1 Å². The number of fused-ring (bicyclic) bond motifs is 5. The molecule has 0 aliphatic heterocycles. The van der Waals surface area contributed by atoms with Crippen LogP contribution in [-0.2, 0) is 30.3 Å². The van der Waals surface area contributed by atoms with Gasteiger partial charge in [-0.15, -0.1) is 0 Å². The summed E-state index contributed by atoms with van der Waals surface area (Å²) in [5.74, 6) is -1.53. The van der Waals surface area contributed by atoms with Crippen LogP contribution < -0.4 is 0 Å². The fraction of sp³-hybridized carbons (Fsp3) is 0.600. The van der Waals surface area contributed by atoms with E-state index in [9.17, 15) is 34.5 Å². The van der Waals surface area contributed by atoms with Gasteiger partial charge < -0.3 is 29.9 Å². The van der Waals surface area contributed by atoms with Crippen LogP contribution in [0.2, 0.25) is 0 Å². The van der Waals surface area contributed by atoms with E-state index in [2.05, 4.69) is 13.0 Å². The van der Waals surface area contributed by atoms with E-state index in [-0.39, 0.29) is 48.2 Å². The van der Waals surface area contributed by atoms with Gasteiger partial charge in [-0.1, -0.05) is 79.6 Å². The molecular formula is C45H58O10. The van der Waals surface area contributed by atoms with Gasteiger partial charge in [-0.25, -0.2) is 4.79 Å². The van der Waals surface area contributed by atoms with Crippen LogP contribution in [0.5, 0.6) is 0 Å². The molecule has 1 aromatic carbocycles. The zero-order valence-corrected chi connectivity index (χ0v) is 32.2. The first-order chi connectivity index (χ1) is 26.2. The Bertz CT molecular complexity index is 1710. The highest BCUT2D eigenvalue weighted by molar-refractivity contribution is 5.92. The first kappa shape index (κ1) is 40.8. The van der Waals surface area contributed by atoms with Crippen LogP contribution in [0.3, 0.4) is 0 Å². The van der Waals surface area contributed by atoms with Gasteiger partial charge in [-0.3, -0.25) is 14.4 Å². The minimum Gasteiger partial charge on any atom is -0.481 e. The molecular weight excluding hydrogens is 700 g/mol. The summed E-state index contributed by atoms with van der Waals surface area (Å²) in [5, 5.41) is 42.5. The number of carboxylic acid groups (broad SMARTS) is 1. The number of carbonyl (C=O) groups is 4. The molecule has 5 aliphatic carbocycles. The molecule has 5 aliphatic rings. The van der Waals surface area contributed by atoms with Gasteiger partial charge in [0.1, 0.15) is 11.7 Å². The highest BCUT2D eigenvalue weighted by Gasteiger charge is 2.64. The lowest BCUT2D eigenvalue weighted by Crippen LogP contribution is -2.55. The summed E-state index contributed by atoms with van der Waals surface area (Å²) in [5.41, 5.74) is 1.07. The predicted molar refractivity (Wildman–Crippen MR) is 206 cm³/mol. The third-order valence-electron chi connectivity index (χ3n) is 13.9. The number of allylic oxidation sites excluding steroid dienone is 6. The highest BCUT2D eigenvalue weighted by Crippen LogP contribution is 2.65. The van der Waals surface area contributed by atoms with E-state index in [0.717, 1.165) is 24.8 Å². The fourth-order valence-electron chi connectivity index (χ4n) is 10.6. The summed E-state index contributed by atoms with van der Waals surface area (Å²) in [7, 11) is 0. The monoisotopic (exact) mass is 758 g/mol. The van der Waals surface area contributed by atoms with Crippen LogP contribution in [-0.4, -0.2) is 74.6 Å². The van der Waals surface area contributed by atoms with Crippen LogP contribution in [0.1, 0.15) is 103 Å². The summed E-state index contributed by atoms with van der Waals surface area (Å²) in [4.78, 5) is 50.1. The molecule has 6 rings (SSSR count). The van der Waals surface area contributed by atoms with Crippen molar-refractivity contribution in [1.82, 2.24) is 0 Å². The van der Waals surface area contributed by atoms with Gasteiger partial charge in [0.2, 0.25) is 5.78 Å². The van der Waals surface area contributed by atoms with Crippen molar-refractivity contribution in [1.29, 1.82) is 0 Å². The Balaban J connectivity index is 1.09. The number of carbonyl (C=O) groups excluding carboxylic acids is 3. The fourth-order valence-corrected chi connectivity index (χ4v) is 10.6. The molecule has 0 heterocycles. The summed E-state index contributed by atoms with van der Waals surface area (Å²) in [6.45, 7) is 3.62. The molecule has 0 spiro atoms. The quantitative estimate of drug-likeness (QED) is 0.0830. The van der Waals surface area contributed by atoms with Gasteiger partial charge in [0, 0.05) is 36.0 Å². The minimum atomic E-state index is -1.66. The topological polar surface area (TPSA) is 168 Å². The van der Waals surface area contributed by atoms with Crippen molar-refractivity contribution in [3.63, 3.8) is 0 Å². The standard InChI is InChI=1S/C45H58O10/c1-43-23-20-31(46)26-30(43)15-18-35-36(43)21-24-44(2)37(35)22-25-45(44,53)40(49)28-54-42(52)55-32(16-14-29-10-6-5-7-11-29)17-19-34-33(38(47)27-39(34)48)12-8-3-4-9-13-41(50)51/h3,5-8,10-11,17,19,21,26,32-35,37-39,47-48,53H,4,9,12-16,18,20,22-25,27-28H2,1-2H3,(H,50,51)/b8-3-,19-17+/t32-,33+,34+,35+,37-,38-,39+,43-,44-,45-/m0/s1. The first-order valence-electron chi connectivity index (χ1n) is 20.2. The van der Waals surface area contributed by atoms with Crippen LogP contribution in [0.25, 0.3) is 0 Å². The van der Waals surface area contributed by atoms with E-state index < -0.39 is 59.8 Å². The average molecular weight is 759 g/mol. The normalized spacial score (nSPS) is 34.7. The third kappa shape index (κ3) is 8.61. The maximum Gasteiger partial charge on any atom is 0.509 e. The number of unbranched alkanes of at least 4 members (excludes halogenated alkanes) is 1. The Labute approximate surface area is 324 Å². The third-order valence-corrected chi connectivity index (χ3v) is 13.9. The van der Waals surface area contributed by atoms with E-state index in [1.807, 2.05) is 55.5 Å². The maximum atomic E-state index is 13.8. The zero-order valence-electron chi connectivity index (χ0n) is 32.2. The van der Waals surface area contributed by atoms with Crippen LogP contribution in [0.4, 0.5) is 4.79 Å². The van der Waals surface area contributed by atoms with E-state index in [0.29, 0.717) is 51.4 Å². The SMILES string of the molecule is C[C@]12CCC(=O)C=C1CC[C@@H]1C2=CC[C@@]2(C)[C@H]1CC[C@]2(O)C(=O)COC(=O)O[C@H](/C=C/[C@@H]1[C@@H](C/C=C\CCCC(=O)O)[C@@H](O)C[C@H]1O)CCc1ccccc1. The van der Waals surface area contributed by atoms with Gasteiger partial charge in [0.15, 0.2) is 12.4 Å². The summed E-state index contributed by atoms with van der Waals surface area (Å²) in [6.07, 6.45) is 15.6. The second-order valence-corrected chi connectivity index (χ2v) is 17.0. The van der Waals surface area contributed by atoms with Gasteiger partial charge in [-0.2, -0.15) is 0 Å². The highest BCUT2D eigenvalue weighted by atomic mass is 16.7. The van der Waals surface area contributed by atoms with Gasteiger partial charge >= 0.3 is 12.1 Å². The molecule has 3 saturated carbocycles. The second kappa shape index (κ2) is 17.1. The van der Waals surface area contributed by atoms with Crippen molar-refractivity contribution in [2.45, 2.75) is 128 Å². The molecule has 0 amide bonds. The zero-order chi connectivity index (χ0) is 39.4. The van der Waals surface area contributed by atoms with E-state index in [4.69, 9.17) is 14.6 Å². The molecule has 10 nitrogen and oxygen atoms in total. The molecule has 0 radical (unpaired) electrons. The largest absolute Gasteiger partial charge is 0.509 e. The van der Waals surface area contributed by atoms with Crippen molar-refractivity contribution in [3.8, 4) is 0 Å². The van der Waals surface area contributed by atoms with Gasteiger partial charge in [0.25, 0.3) is 0 Å². The number of Topliss-reactive ketones (excluding diaryl/α,β-unsaturated/α-hetero) is 1. The number of aryl methyl sites for hydroxylation is 1. The van der Waals surface area contributed by atoms with Crippen molar-refractivity contribution >= 4 is 23.7 Å². The molecule has 0 aromatic heterocycles. The Kier molecular flexibility index (Phi) is 12.7. The van der Waals surface area contributed by atoms with Crippen molar-refractivity contribution in [2.75, 3.05) is 6.61 Å². The van der Waals surface area contributed by atoms with Crippen molar-refractivity contribution in [3.05, 3.63) is 83.5 Å². The number of ether oxygens (including phenoxy) is 2. The number of rotatable bonds is 15. The molecule has 55 heavy (non-hydrogen) atoms. The van der Waals surface area contributed by atoms with Crippen LogP contribution in [0, 0.1) is 34.5 Å². The smallest absolute Gasteiger partial charge is 0.481 e. The Morgan fingerprint density at radius 2 is 1.80 bits per heavy atom. The number of hydrogen-bond acceptors (Lipinski definition) is 9. The Morgan fingerprint density at radius 3 is 2.56 bits per heavy atom. The van der Waals surface area contributed by atoms with E-state index in [1.54, 1.807) is 12.2 Å². The van der Waals surface area contributed by atoms with Gasteiger partial charge in [0.05, 0.1) is 12.2 Å². The Hall–Kier alpha value is -3.86. The molecule has 10 atom stereocenters. The summed E-state index contributed by atoms with van der Waals surface area (Å²) < 4.78 is 11.2. The number of aliphatic carboxylic acids is 1. The number of benzene rings is 1. The number of hydrogen-bond donors (Lipinski definition) is 4. The number of carboxylic acids is 1. The van der Waals surface area contributed by atoms with Gasteiger partial charge in [-0.05, 0) is 106 Å². The molecule has 10 heteroatoms. The van der Waals surface area contributed by atoms with Crippen LogP contribution >= 0.6 is 0 Å². The lowest BCUT2D eigenvalue weighted by atomic mass is 9.50. The maximum absolute atomic E-state index is 13.8. The molecule has 0 saturated heterocycles. The van der Waals surface area contributed by atoms with Crippen molar-refractivity contribution in [2.24, 2.45) is 34.5 Å². The van der Waals surface area contributed by atoms with Crippen LogP contribution in [0.15, 0.2) is 77.9 Å².